The number of anilines is 1. The van der Waals surface area contributed by atoms with Crippen LogP contribution in [-0.2, 0) is 6.42 Å². The summed E-state index contributed by atoms with van der Waals surface area (Å²) in [5.74, 6) is 1.94. The first-order valence-corrected chi connectivity index (χ1v) is 8.34. The molecule has 1 aliphatic carbocycles. The second-order valence-corrected chi connectivity index (χ2v) is 6.40. The molecule has 0 aromatic carbocycles. The number of aryl methyl sites for hydroxylation is 1. The zero-order valence-electron chi connectivity index (χ0n) is 12.7. The number of imidazole rings is 1. The van der Waals surface area contributed by atoms with E-state index in [1.54, 1.807) is 0 Å². The summed E-state index contributed by atoms with van der Waals surface area (Å²) in [4.78, 5) is 7.40. The number of hydrogen-bond acceptors (Lipinski definition) is 3. The van der Waals surface area contributed by atoms with Gasteiger partial charge in [-0.3, -0.25) is 0 Å². The third-order valence-corrected chi connectivity index (χ3v) is 5.07. The van der Waals surface area contributed by atoms with Crippen molar-refractivity contribution in [3.05, 3.63) is 11.9 Å². The second kappa shape index (κ2) is 6.17. The Balaban J connectivity index is 1.79. The van der Waals surface area contributed by atoms with Gasteiger partial charge >= 0.3 is 0 Å². The number of nitrogens with two attached hydrogens (primary N) is 1. The zero-order chi connectivity index (χ0) is 13.9. The lowest BCUT2D eigenvalue weighted by Crippen LogP contribution is -2.37. The smallest absolute Gasteiger partial charge is 0.205 e. The molecule has 0 radical (unpaired) electrons. The van der Waals surface area contributed by atoms with E-state index in [4.69, 9.17) is 10.7 Å². The number of rotatable bonds is 4. The summed E-state index contributed by atoms with van der Waals surface area (Å²) in [6, 6.07) is 0.685. The number of hydrogen-bond donors (Lipinski definition) is 1. The van der Waals surface area contributed by atoms with E-state index < -0.39 is 0 Å². The summed E-state index contributed by atoms with van der Waals surface area (Å²) in [6.07, 6.45) is 11.2. The van der Waals surface area contributed by atoms with Crippen molar-refractivity contribution in [2.24, 2.45) is 11.7 Å². The van der Waals surface area contributed by atoms with Crippen LogP contribution in [0, 0.1) is 5.92 Å². The molecule has 0 spiro atoms. The van der Waals surface area contributed by atoms with Crippen LogP contribution in [-0.4, -0.2) is 29.2 Å². The highest BCUT2D eigenvalue weighted by molar-refractivity contribution is 5.35. The lowest BCUT2D eigenvalue weighted by molar-refractivity contribution is 0.403. The molecular weight excluding hydrogens is 248 g/mol. The van der Waals surface area contributed by atoms with Gasteiger partial charge in [-0.05, 0) is 44.6 Å². The third-order valence-electron chi connectivity index (χ3n) is 5.07. The monoisotopic (exact) mass is 276 g/mol. The highest BCUT2D eigenvalue weighted by Gasteiger charge is 2.26. The van der Waals surface area contributed by atoms with Crippen molar-refractivity contribution in [3.8, 4) is 0 Å². The molecule has 2 fully saturated rings. The molecule has 2 N–H and O–H groups in total. The van der Waals surface area contributed by atoms with Gasteiger partial charge in [-0.2, -0.15) is 0 Å². The van der Waals surface area contributed by atoms with Gasteiger partial charge in [0.15, 0.2) is 0 Å². The SMILES string of the molecule is CCc1cn(C2CCCC2)c(N2CCC(CN)CC2)n1. The molecular formula is C16H28N4. The number of aromatic nitrogens is 2. The van der Waals surface area contributed by atoms with Crippen molar-refractivity contribution in [2.45, 2.75) is 57.9 Å². The van der Waals surface area contributed by atoms with Crippen molar-refractivity contribution in [3.63, 3.8) is 0 Å². The maximum atomic E-state index is 5.80. The van der Waals surface area contributed by atoms with Crippen LogP contribution >= 0.6 is 0 Å². The summed E-state index contributed by atoms with van der Waals surface area (Å²) in [7, 11) is 0. The van der Waals surface area contributed by atoms with Crippen LogP contribution in [0.25, 0.3) is 0 Å². The van der Waals surface area contributed by atoms with Crippen molar-refractivity contribution in [2.75, 3.05) is 24.5 Å². The second-order valence-electron chi connectivity index (χ2n) is 6.40. The Morgan fingerprint density at radius 1 is 1.20 bits per heavy atom. The molecule has 1 aromatic rings. The third kappa shape index (κ3) is 2.71. The molecule has 0 bridgehead atoms. The van der Waals surface area contributed by atoms with Crippen LogP contribution < -0.4 is 10.6 Å². The van der Waals surface area contributed by atoms with Gasteiger partial charge in [0.05, 0.1) is 5.69 Å². The highest BCUT2D eigenvalue weighted by Crippen LogP contribution is 2.34. The standard InChI is InChI=1S/C16H28N4/c1-2-14-12-20(15-5-3-4-6-15)16(18-14)19-9-7-13(11-17)8-10-19/h12-13,15H,2-11,17H2,1H3. The molecule has 20 heavy (non-hydrogen) atoms. The van der Waals surface area contributed by atoms with Crippen LogP contribution in [0.4, 0.5) is 5.95 Å². The Morgan fingerprint density at radius 3 is 2.50 bits per heavy atom. The van der Waals surface area contributed by atoms with Gasteiger partial charge in [-0.1, -0.05) is 19.8 Å². The molecule has 2 heterocycles. The van der Waals surface area contributed by atoms with Crippen molar-refractivity contribution in [1.82, 2.24) is 9.55 Å². The first-order chi connectivity index (χ1) is 9.81. The lowest BCUT2D eigenvalue weighted by Gasteiger charge is -2.33. The molecule has 1 saturated heterocycles. The summed E-state index contributed by atoms with van der Waals surface area (Å²) in [5, 5.41) is 0. The van der Waals surface area contributed by atoms with Crippen LogP contribution in [0.5, 0.6) is 0 Å². The molecule has 4 nitrogen and oxygen atoms in total. The largest absolute Gasteiger partial charge is 0.342 e. The Bertz CT molecular complexity index is 426. The van der Waals surface area contributed by atoms with Crippen LogP contribution in [0.2, 0.25) is 0 Å². The summed E-state index contributed by atoms with van der Waals surface area (Å²) in [6.45, 7) is 5.28. The van der Waals surface area contributed by atoms with Crippen molar-refractivity contribution >= 4 is 5.95 Å². The molecule has 2 aliphatic rings. The normalized spacial score (nSPS) is 21.8. The Hall–Kier alpha value is -1.03. The van der Waals surface area contributed by atoms with E-state index in [9.17, 15) is 0 Å². The van der Waals surface area contributed by atoms with E-state index in [0.717, 1.165) is 26.1 Å². The molecule has 3 rings (SSSR count). The van der Waals surface area contributed by atoms with Gasteiger partial charge in [0.25, 0.3) is 0 Å². The summed E-state index contributed by atoms with van der Waals surface area (Å²) >= 11 is 0. The predicted octanol–water partition coefficient (Wildman–Crippen LogP) is 2.74. The fourth-order valence-electron chi connectivity index (χ4n) is 3.66. The van der Waals surface area contributed by atoms with Crippen molar-refractivity contribution < 1.29 is 0 Å². The minimum absolute atomic E-state index is 0.685. The molecule has 1 aliphatic heterocycles. The van der Waals surface area contributed by atoms with E-state index in [0.29, 0.717) is 12.0 Å². The molecule has 0 atom stereocenters. The summed E-state index contributed by atoms with van der Waals surface area (Å²) < 4.78 is 2.48. The number of piperidine rings is 1. The first kappa shape index (κ1) is 13.9. The predicted molar refractivity (Wildman–Crippen MR) is 83.1 cm³/mol. The van der Waals surface area contributed by atoms with Gasteiger partial charge in [0.2, 0.25) is 5.95 Å². The fraction of sp³-hybridized carbons (Fsp3) is 0.812. The maximum absolute atomic E-state index is 5.80. The topological polar surface area (TPSA) is 47.1 Å². The maximum Gasteiger partial charge on any atom is 0.205 e. The lowest BCUT2D eigenvalue weighted by atomic mass is 9.97. The molecule has 1 aromatic heterocycles. The van der Waals surface area contributed by atoms with Crippen LogP contribution in [0.3, 0.4) is 0 Å². The fourth-order valence-corrected chi connectivity index (χ4v) is 3.66. The van der Waals surface area contributed by atoms with Gasteiger partial charge in [0, 0.05) is 25.3 Å². The van der Waals surface area contributed by atoms with Gasteiger partial charge in [0.1, 0.15) is 0 Å². The highest BCUT2D eigenvalue weighted by atomic mass is 15.3. The average molecular weight is 276 g/mol. The van der Waals surface area contributed by atoms with E-state index in [2.05, 4.69) is 22.6 Å². The molecule has 0 amide bonds. The Labute approximate surface area is 122 Å². The summed E-state index contributed by atoms with van der Waals surface area (Å²) in [5.41, 5.74) is 7.05. The first-order valence-electron chi connectivity index (χ1n) is 8.34. The quantitative estimate of drug-likeness (QED) is 0.920. The van der Waals surface area contributed by atoms with Crippen molar-refractivity contribution in [1.29, 1.82) is 0 Å². The minimum atomic E-state index is 0.685. The molecule has 1 saturated carbocycles. The van der Waals surface area contributed by atoms with Gasteiger partial charge < -0.3 is 15.2 Å². The molecule has 4 heteroatoms. The average Bonchev–Trinajstić information content (AvgIpc) is 3.16. The van der Waals surface area contributed by atoms with Gasteiger partial charge in [-0.15, -0.1) is 0 Å². The van der Waals surface area contributed by atoms with E-state index in [-0.39, 0.29) is 0 Å². The zero-order valence-corrected chi connectivity index (χ0v) is 12.7. The van der Waals surface area contributed by atoms with E-state index >= 15 is 0 Å². The Morgan fingerprint density at radius 2 is 1.90 bits per heavy atom. The molecule has 0 unspecified atom stereocenters. The van der Waals surface area contributed by atoms with E-state index in [1.165, 1.54) is 50.2 Å². The number of nitrogens with zero attached hydrogens (tertiary/aromatic N) is 3. The Kier molecular flexibility index (Phi) is 4.29. The van der Waals surface area contributed by atoms with Crippen LogP contribution in [0.15, 0.2) is 6.20 Å². The van der Waals surface area contributed by atoms with Crippen LogP contribution in [0.1, 0.15) is 57.2 Å². The van der Waals surface area contributed by atoms with E-state index in [1.807, 2.05) is 0 Å². The minimum Gasteiger partial charge on any atom is -0.342 e. The molecule has 112 valence electrons. The van der Waals surface area contributed by atoms with Gasteiger partial charge in [-0.25, -0.2) is 4.98 Å².